The first-order valence-corrected chi connectivity index (χ1v) is 7.51. The summed E-state index contributed by atoms with van der Waals surface area (Å²) in [5, 5.41) is 17.9. The number of anilines is 1. The van der Waals surface area contributed by atoms with Gasteiger partial charge in [0.2, 0.25) is 0 Å². The summed E-state index contributed by atoms with van der Waals surface area (Å²) in [4.78, 5) is 26.3. The van der Waals surface area contributed by atoms with Crippen LogP contribution >= 0.6 is 11.3 Å². The van der Waals surface area contributed by atoms with Crippen LogP contribution in [0.2, 0.25) is 0 Å². The average Bonchev–Trinajstić information content (AvgIpc) is 3.03. The highest BCUT2D eigenvalue weighted by atomic mass is 32.1. The van der Waals surface area contributed by atoms with Gasteiger partial charge in [0.1, 0.15) is 0 Å². The Balaban J connectivity index is 1.94. The third-order valence-corrected chi connectivity index (χ3v) is 3.78. The van der Waals surface area contributed by atoms with Crippen molar-refractivity contribution >= 4 is 34.0 Å². The lowest BCUT2D eigenvalue weighted by Crippen LogP contribution is -2.17. The van der Waals surface area contributed by atoms with Gasteiger partial charge in [0.25, 0.3) is 0 Å². The Morgan fingerprint density at radius 3 is 2.70 bits per heavy atom. The lowest BCUT2D eigenvalue weighted by Gasteiger charge is -2.04. The van der Waals surface area contributed by atoms with Crippen LogP contribution in [0.5, 0.6) is 0 Å². The molecule has 0 saturated heterocycles. The number of nitrogens with one attached hydrogen (secondary N) is 1. The zero-order valence-corrected chi connectivity index (χ0v) is 13.0. The number of aryl methyl sites for hydroxylation is 1. The molecule has 0 fully saturated rings. The van der Waals surface area contributed by atoms with Crippen LogP contribution in [0.15, 0.2) is 40.9 Å². The van der Waals surface area contributed by atoms with E-state index in [4.69, 9.17) is 5.73 Å². The molecule has 9 heteroatoms. The minimum atomic E-state index is -0.804. The van der Waals surface area contributed by atoms with Crippen molar-refractivity contribution in [2.45, 2.75) is 13.3 Å². The van der Waals surface area contributed by atoms with Crippen LogP contribution in [0.1, 0.15) is 18.1 Å². The second kappa shape index (κ2) is 7.36. The van der Waals surface area contributed by atoms with Gasteiger partial charge in [0, 0.05) is 22.7 Å². The van der Waals surface area contributed by atoms with E-state index in [0.29, 0.717) is 11.3 Å². The van der Waals surface area contributed by atoms with E-state index in [1.54, 1.807) is 12.1 Å². The Morgan fingerprint density at radius 2 is 2.13 bits per heavy atom. The number of nitrogens with two attached hydrogens (primary N) is 1. The van der Waals surface area contributed by atoms with Crippen molar-refractivity contribution in [1.29, 1.82) is 0 Å². The second-order valence-corrected chi connectivity index (χ2v) is 5.35. The largest absolute Gasteiger partial charge is 0.437 e. The van der Waals surface area contributed by atoms with Crippen LogP contribution in [0.3, 0.4) is 0 Å². The minimum absolute atomic E-state index is 0.0707. The summed E-state index contributed by atoms with van der Waals surface area (Å²) in [5.41, 5.74) is 7.64. The summed E-state index contributed by atoms with van der Waals surface area (Å²) in [5.74, 6) is -0.120. The number of carbonyl (C=O) groups is 1. The predicted octanol–water partition coefficient (Wildman–Crippen LogP) is 3.09. The molecule has 1 aromatic heterocycles. The number of hydrogen-bond acceptors (Lipinski definition) is 6. The number of amides is 1. The van der Waals surface area contributed by atoms with Crippen LogP contribution in [0.25, 0.3) is 0 Å². The van der Waals surface area contributed by atoms with Gasteiger partial charge in [-0.25, -0.2) is 4.79 Å². The topological polar surface area (TPSA) is 120 Å². The second-order valence-electron chi connectivity index (χ2n) is 4.46. The van der Waals surface area contributed by atoms with E-state index >= 15 is 0 Å². The molecule has 0 spiro atoms. The molecular formula is C14H14N4O4S. The molecule has 0 atom stereocenters. The fraction of sp³-hybridized carbons (Fsp3) is 0.143. The number of nitro groups is 1. The first-order valence-electron chi connectivity index (χ1n) is 6.63. The van der Waals surface area contributed by atoms with Crippen molar-refractivity contribution in [3.05, 3.63) is 57.0 Å². The summed E-state index contributed by atoms with van der Waals surface area (Å²) in [6.45, 7) is 2.03. The van der Waals surface area contributed by atoms with Crippen molar-refractivity contribution in [1.82, 2.24) is 0 Å². The Labute approximate surface area is 135 Å². The van der Waals surface area contributed by atoms with Gasteiger partial charge in [-0.05, 0) is 24.1 Å². The number of benzene rings is 1. The van der Waals surface area contributed by atoms with Gasteiger partial charge in [-0.1, -0.05) is 35.5 Å². The lowest BCUT2D eigenvalue weighted by molar-refractivity contribution is -0.380. The molecule has 8 nitrogen and oxygen atoms in total. The molecule has 3 N–H and O–H groups in total. The SMILES string of the molecule is CCc1ccc(NC(=O)O/N=C(/N)c2csc([N+](=O)[O-])c2)cc1. The molecular weight excluding hydrogens is 320 g/mol. The van der Waals surface area contributed by atoms with Crippen LogP contribution in [0, 0.1) is 10.1 Å². The van der Waals surface area contributed by atoms with Crippen LogP contribution in [0.4, 0.5) is 15.5 Å². The minimum Gasteiger partial charge on any atom is -0.380 e. The number of amidine groups is 1. The summed E-state index contributed by atoms with van der Waals surface area (Å²) >= 11 is 0.910. The maximum absolute atomic E-state index is 11.6. The average molecular weight is 334 g/mol. The van der Waals surface area contributed by atoms with Crippen molar-refractivity contribution in [2.24, 2.45) is 10.9 Å². The van der Waals surface area contributed by atoms with Gasteiger partial charge in [-0.15, -0.1) is 0 Å². The normalized spacial score (nSPS) is 11.1. The fourth-order valence-corrected chi connectivity index (χ4v) is 2.38. The van der Waals surface area contributed by atoms with E-state index in [1.165, 1.54) is 11.4 Å². The molecule has 0 aliphatic carbocycles. The smallest absolute Gasteiger partial charge is 0.380 e. The van der Waals surface area contributed by atoms with E-state index in [9.17, 15) is 14.9 Å². The molecule has 0 aliphatic heterocycles. The number of rotatable bonds is 5. The third-order valence-electron chi connectivity index (χ3n) is 2.90. The summed E-state index contributed by atoms with van der Waals surface area (Å²) in [6.07, 6.45) is 0.0974. The molecule has 1 aromatic carbocycles. The quantitative estimate of drug-likeness (QED) is 0.286. The number of thiophene rings is 1. The first-order chi connectivity index (χ1) is 11.0. The van der Waals surface area contributed by atoms with Crippen LogP contribution < -0.4 is 11.1 Å². The van der Waals surface area contributed by atoms with Crippen LogP contribution in [-0.2, 0) is 11.3 Å². The zero-order chi connectivity index (χ0) is 16.8. The molecule has 0 radical (unpaired) electrons. The molecule has 1 heterocycles. The van der Waals surface area contributed by atoms with E-state index in [2.05, 4.69) is 15.3 Å². The molecule has 0 bridgehead atoms. The summed E-state index contributed by atoms with van der Waals surface area (Å²) in [7, 11) is 0. The first kappa shape index (κ1) is 16.4. The van der Waals surface area contributed by atoms with Gasteiger partial charge in [0.05, 0.1) is 4.92 Å². The van der Waals surface area contributed by atoms with Crippen molar-refractivity contribution in [3.63, 3.8) is 0 Å². The van der Waals surface area contributed by atoms with Gasteiger partial charge < -0.3 is 5.73 Å². The molecule has 23 heavy (non-hydrogen) atoms. The Hall–Kier alpha value is -2.94. The number of hydrogen-bond donors (Lipinski definition) is 2. The van der Waals surface area contributed by atoms with Gasteiger partial charge in [0.15, 0.2) is 5.84 Å². The molecule has 1 amide bonds. The predicted molar refractivity (Wildman–Crippen MR) is 87.6 cm³/mol. The maximum Gasteiger partial charge on any atom is 0.437 e. The van der Waals surface area contributed by atoms with Crippen molar-refractivity contribution in [2.75, 3.05) is 5.32 Å². The monoisotopic (exact) mass is 334 g/mol. The molecule has 0 unspecified atom stereocenters. The Morgan fingerprint density at radius 1 is 1.43 bits per heavy atom. The summed E-state index contributed by atoms with van der Waals surface area (Å²) < 4.78 is 0. The standard InChI is InChI=1S/C14H14N4O4S/c1-2-9-3-5-11(6-4-9)16-14(19)22-17-13(15)10-7-12(18(20)21)23-8-10/h3-8H,2H2,1H3,(H2,15,17)(H,16,19). The van der Waals surface area contributed by atoms with E-state index in [0.717, 1.165) is 23.3 Å². The Bertz CT molecular complexity index is 739. The van der Waals surface area contributed by atoms with Crippen molar-refractivity contribution in [3.8, 4) is 0 Å². The van der Waals surface area contributed by atoms with Crippen molar-refractivity contribution < 1.29 is 14.6 Å². The molecule has 2 aromatic rings. The summed E-state index contributed by atoms with van der Waals surface area (Å²) in [6, 6.07) is 8.52. The van der Waals surface area contributed by atoms with Crippen LogP contribution in [-0.4, -0.2) is 16.9 Å². The van der Waals surface area contributed by atoms with Gasteiger partial charge in [-0.3, -0.25) is 20.3 Å². The Kier molecular flexibility index (Phi) is 5.26. The van der Waals surface area contributed by atoms with E-state index in [-0.39, 0.29) is 10.8 Å². The molecule has 120 valence electrons. The highest BCUT2D eigenvalue weighted by Crippen LogP contribution is 2.22. The lowest BCUT2D eigenvalue weighted by atomic mass is 10.1. The maximum atomic E-state index is 11.6. The third kappa shape index (κ3) is 4.51. The molecule has 2 rings (SSSR count). The number of oxime groups is 1. The van der Waals surface area contributed by atoms with Gasteiger partial charge >= 0.3 is 11.1 Å². The highest BCUT2D eigenvalue weighted by molar-refractivity contribution is 7.13. The van der Waals surface area contributed by atoms with Gasteiger partial charge in [-0.2, -0.15) is 0 Å². The molecule has 0 aliphatic rings. The fourth-order valence-electron chi connectivity index (χ4n) is 1.66. The molecule has 0 saturated carbocycles. The number of nitrogens with zero attached hydrogens (tertiary/aromatic N) is 2. The number of carbonyl (C=O) groups excluding carboxylic acids is 1. The van der Waals surface area contributed by atoms with E-state index < -0.39 is 11.0 Å². The van der Waals surface area contributed by atoms with E-state index in [1.807, 2.05) is 19.1 Å². The zero-order valence-electron chi connectivity index (χ0n) is 12.2. The highest BCUT2D eigenvalue weighted by Gasteiger charge is 2.12.